The van der Waals surface area contributed by atoms with E-state index in [1.54, 1.807) is 6.92 Å². The molecule has 9 heavy (non-hydrogen) atoms. The number of hydrogen-bond acceptors (Lipinski definition) is 4. The predicted molar refractivity (Wildman–Crippen MR) is 33.7 cm³/mol. The summed E-state index contributed by atoms with van der Waals surface area (Å²) in [6.45, 7) is 1.66. The average molecular weight is 195 g/mol. The molecule has 0 aliphatic carbocycles. The van der Waals surface area contributed by atoms with Crippen LogP contribution in [0.2, 0.25) is 0 Å². The van der Waals surface area contributed by atoms with Crippen molar-refractivity contribution in [1.29, 1.82) is 0 Å². The third kappa shape index (κ3) is 1.03. The van der Waals surface area contributed by atoms with Crippen molar-refractivity contribution >= 4 is 15.9 Å². The highest BCUT2D eigenvalue weighted by Crippen LogP contribution is 2.22. The lowest BCUT2D eigenvalue weighted by molar-refractivity contribution is -0.177. The van der Waals surface area contributed by atoms with Crippen LogP contribution in [0.1, 0.15) is 6.92 Å². The molecule has 1 aliphatic heterocycles. The van der Waals surface area contributed by atoms with Gasteiger partial charge >= 0.3 is 0 Å². The monoisotopic (exact) mass is 194 g/mol. The van der Waals surface area contributed by atoms with E-state index >= 15 is 0 Å². The molecule has 2 N–H and O–H groups in total. The van der Waals surface area contributed by atoms with Gasteiger partial charge in [-0.3, -0.25) is 10.4 Å². The predicted octanol–water partition coefficient (Wildman–Crippen LogP) is 0.922. The van der Waals surface area contributed by atoms with Crippen LogP contribution in [0.4, 0.5) is 0 Å². The topological polar surface area (TPSA) is 46.9 Å². The minimum absolute atomic E-state index is 0.403. The number of rotatable bonds is 0. The van der Waals surface area contributed by atoms with Crippen LogP contribution >= 0.6 is 15.9 Å². The Balaban J connectivity index is 2.70. The van der Waals surface area contributed by atoms with E-state index in [0.717, 1.165) is 10.1 Å². The molecule has 1 atom stereocenters. The fourth-order valence-corrected chi connectivity index (χ4v) is 1.07. The van der Waals surface area contributed by atoms with Gasteiger partial charge in [0.25, 0.3) is 0 Å². The Labute approximate surface area is 61.0 Å². The zero-order valence-electron chi connectivity index (χ0n) is 4.82. The van der Waals surface area contributed by atoms with Crippen molar-refractivity contribution < 1.29 is 10.4 Å². The van der Waals surface area contributed by atoms with Crippen LogP contribution in [0, 0.1) is 0 Å². The maximum Gasteiger partial charge on any atom is 0.149 e. The molecule has 0 aromatic carbocycles. The van der Waals surface area contributed by atoms with Crippen molar-refractivity contribution in [1.82, 2.24) is 10.1 Å². The maximum atomic E-state index is 8.95. The Kier molecular flexibility index (Phi) is 1.65. The standard InChI is InChI=1S/C4H7BrN2O2/c1-3-6(8)2-4(5)7(3)9/h2-3,8-9H,1H3. The molecule has 0 spiro atoms. The minimum Gasteiger partial charge on any atom is -0.287 e. The van der Waals surface area contributed by atoms with Crippen LogP contribution in [0.25, 0.3) is 0 Å². The zero-order chi connectivity index (χ0) is 7.02. The molecule has 1 aliphatic rings. The van der Waals surface area contributed by atoms with Crippen LogP contribution in [0.3, 0.4) is 0 Å². The van der Waals surface area contributed by atoms with Crippen LogP contribution in [-0.2, 0) is 0 Å². The molecule has 0 radical (unpaired) electrons. The summed E-state index contributed by atoms with van der Waals surface area (Å²) in [5.74, 6) is 0. The molecular formula is C4H7BrN2O2. The molecule has 0 saturated carbocycles. The second-order valence-corrected chi connectivity index (χ2v) is 2.62. The lowest BCUT2D eigenvalue weighted by atomic mass is 10.6. The molecule has 0 aromatic rings. The minimum atomic E-state index is -0.403. The van der Waals surface area contributed by atoms with E-state index in [9.17, 15) is 0 Å². The zero-order valence-corrected chi connectivity index (χ0v) is 6.41. The number of hydrogen-bond donors (Lipinski definition) is 2. The lowest BCUT2D eigenvalue weighted by Crippen LogP contribution is -2.32. The first-order valence-corrected chi connectivity index (χ1v) is 3.25. The molecule has 4 nitrogen and oxygen atoms in total. The highest BCUT2D eigenvalue weighted by Gasteiger charge is 2.24. The second kappa shape index (κ2) is 2.17. The van der Waals surface area contributed by atoms with Crippen molar-refractivity contribution in [2.24, 2.45) is 0 Å². The van der Waals surface area contributed by atoms with Gasteiger partial charge in [-0.05, 0) is 22.9 Å². The van der Waals surface area contributed by atoms with Crippen LogP contribution in [-0.4, -0.2) is 26.7 Å². The fraction of sp³-hybridized carbons (Fsp3) is 0.500. The van der Waals surface area contributed by atoms with Crippen molar-refractivity contribution in [3.05, 3.63) is 10.8 Å². The summed E-state index contributed by atoms with van der Waals surface area (Å²) in [5, 5.41) is 19.6. The molecule has 1 rings (SSSR count). The van der Waals surface area contributed by atoms with Gasteiger partial charge in [0, 0.05) is 0 Å². The normalized spacial score (nSPS) is 27.1. The summed E-state index contributed by atoms with van der Waals surface area (Å²) in [4.78, 5) is 0. The van der Waals surface area contributed by atoms with Gasteiger partial charge in [-0.25, -0.2) is 10.1 Å². The van der Waals surface area contributed by atoms with Gasteiger partial charge in [-0.1, -0.05) is 0 Å². The molecule has 0 fully saturated rings. The first-order chi connectivity index (χ1) is 4.13. The first-order valence-electron chi connectivity index (χ1n) is 2.45. The maximum absolute atomic E-state index is 8.95. The Morgan fingerprint density at radius 3 is 2.33 bits per heavy atom. The highest BCUT2D eigenvalue weighted by atomic mass is 79.9. The van der Waals surface area contributed by atoms with Crippen LogP contribution in [0.15, 0.2) is 10.8 Å². The van der Waals surface area contributed by atoms with Gasteiger partial charge in [0.05, 0.1) is 6.20 Å². The third-order valence-electron chi connectivity index (χ3n) is 1.19. The largest absolute Gasteiger partial charge is 0.287 e. The number of hydroxylamine groups is 4. The molecule has 52 valence electrons. The second-order valence-electron chi connectivity index (χ2n) is 1.81. The van der Waals surface area contributed by atoms with Gasteiger partial charge in [0.1, 0.15) is 10.8 Å². The van der Waals surface area contributed by atoms with E-state index in [4.69, 9.17) is 10.4 Å². The Morgan fingerprint density at radius 2 is 2.22 bits per heavy atom. The summed E-state index contributed by atoms with van der Waals surface area (Å²) in [6, 6.07) is 0. The fourth-order valence-electron chi connectivity index (χ4n) is 0.567. The van der Waals surface area contributed by atoms with E-state index in [-0.39, 0.29) is 0 Å². The molecular weight excluding hydrogens is 188 g/mol. The van der Waals surface area contributed by atoms with Crippen molar-refractivity contribution in [2.75, 3.05) is 0 Å². The lowest BCUT2D eigenvalue weighted by Gasteiger charge is -2.19. The van der Waals surface area contributed by atoms with Crippen LogP contribution < -0.4 is 0 Å². The van der Waals surface area contributed by atoms with Gasteiger partial charge in [-0.2, -0.15) is 0 Å². The third-order valence-corrected chi connectivity index (χ3v) is 1.76. The molecule has 0 aromatic heterocycles. The van der Waals surface area contributed by atoms with Crippen LogP contribution in [0.5, 0.6) is 0 Å². The van der Waals surface area contributed by atoms with Gasteiger partial charge < -0.3 is 0 Å². The van der Waals surface area contributed by atoms with Crippen molar-refractivity contribution in [2.45, 2.75) is 13.1 Å². The van der Waals surface area contributed by atoms with Gasteiger partial charge in [0.2, 0.25) is 0 Å². The molecule has 1 heterocycles. The van der Waals surface area contributed by atoms with Crippen molar-refractivity contribution in [3.8, 4) is 0 Å². The molecule has 0 amide bonds. The summed E-state index contributed by atoms with van der Waals surface area (Å²) < 4.78 is 0.456. The van der Waals surface area contributed by atoms with E-state index in [0.29, 0.717) is 4.61 Å². The van der Waals surface area contributed by atoms with Gasteiger partial charge in [-0.15, -0.1) is 0 Å². The number of halogens is 1. The summed E-state index contributed by atoms with van der Waals surface area (Å²) >= 11 is 3.02. The van der Waals surface area contributed by atoms with E-state index < -0.39 is 6.17 Å². The summed E-state index contributed by atoms with van der Waals surface area (Å²) in [7, 11) is 0. The molecule has 0 saturated heterocycles. The van der Waals surface area contributed by atoms with Crippen molar-refractivity contribution in [3.63, 3.8) is 0 Å². The Hall–Kier alpha value is -0.260. The Bertz CT molecular complexity index is 150. The smallest absolute Gasteiger partial charge is 0.149 e. The van der Waals surface area contributed by atoms with Gasteiger partial charge in [0.15, 0.2) is 0 Å². The summed E-state index contributed by atoms with van der Waals surface area (Å²) in [5.41, 5.74) is 0. The first kappa shape index (κ1) is 6.85. The molecule has 1 unspecified atom stereocenters. The Morgan fingerprint density at radius 1 is 1.67 bits per heavy atom. The SMILES string of the molecule is CC1N(O)C=C(Br)N1O. The van der Waals surface area contributed by atoms with E-state index in [1.165, 1.54) is 6.20 Å². The average Bonchev–Trinajstić information content (AvgIpc) is 1.98. The molecule has 5 heteroatoms. The quantitative estimate of drug-likeness (QED) is 0.564. The van der Waals surface area contributed by atoms with E-state index in [2.05, 4.69) is 15.9 Å². The summed E-state index contributed by atoms with van der Waals surface area (Å²) in [6.07, 6.45) is 0.976. The highest BCUT2D eigenvalue weighted by molar-refractivity contribution is 9.11. The molecule has 0 bridgehead atoms. The number of nitrogens with zero attached hydrogens (tertiary/aromatic N) is 2. The van der Waals surface area contributed by atoms with E-state index in [1.807, 2.05) is 0 Å².